The van der Waals surface area contributed by atoms with Crippen molar-refractivity contribution in [1.29, 1.82) is 0 Å². The van der Waals surface area contributed by atoms with Crippen molar-refractivity contribution in [2.75, 3.05) is 0 Å². The SMILES string of the molecule is Cc1c(Br)cccc1-c1n[nH]c(S(=O)(=O)Cl)n1. The van der Waals surface area contributed by atoms with E-state index in [0.29, 0.717) is 5.82 Å². The summed E-state index contributed by atoms with van der Waals surface area (Å²) < 4.78 is 23.0. The van der Waals surface area contributed by atoms with Crippen molar-refractivity contribution in [2.45, 2.75) is 12.1 Å². The topological polar surface area (TPSA) is 75.7 Å². The van der Waals surface area contributed by atoms with Crippen LogP contribution in [0.4, 0.5) is 0 Å². The summed E-state index contributed by atoms with van der Waals surface area (Å²) in [6.45, 7) is 1.88. The minimum Gasteiger partial charge on any atom is -0.248 e. The van der Waals surface area contributed by atoms with E-state index in [9.17, 15) is 8.42 Å². The minimum atomic E-state index is -3.88. The van der Waals surface area contributed by atoms with E-state index in [2.05, 4.69) is 31.1 Å². The van der Waals surface area contributed by atoms with Gasteiger partial charge in [-0.2, -0.15) is 10.1 Å². The molecule has 1 aromatic heterocycles. The number of nitrogens with one attached hydrogen (secondary N) is 1. The Hall–Kier alpha value is -0.920. The van der Waals surface area contributed by atoms with Gasteiger partial charge in [0.05, 0.1) is 0 Å². The summed E-state index contributed by atoms with van der Waals surface area (Å²) in [6.07, 6.45) is 0. The molecule has 0 fully saturated rings. The maximum atomic E-state index is 11.1. The predicted octanol–water partition coefficient (Wildman–Crippen LogP) is 2.47. The Morgan fingerprint density at radius 2 is 2.12 bits per heavy atom. The van der Waals surface area contributed by atoms with Crippen LogP contribution in [0.5, 0.6) is 0 Å². The van der Waals surface area contributed by atoms with E-state index >= 15 is 0 Å². The number of H-pyrrole nitrogens is 1. The van der Waals surface area contributed by atoms with Gasteiger partial charge in [0, 0.05) is 20.7 Å². The van der Waals surface area contributed by atoms with Crippen LogP contribution in [0.15, 0.2) is 27.8 Å². The first-order valence-corrected chi connectivity index (χ1v) is 7.62. The molecular weight excluding hydrogens is 330 g/mol. The molecule has 2 aromatic rings. The van der Waals surface area contributed by atoms with E-state index in [1.807, 2.05) is 19.1 Å². The zero-order chi connectivity index (χ0) is 12.6. The molecule has 0 aliphatic carbocycles. The van der Waals surface area contributed by atoms with Crippen LogP contribution in [0.1, 0.15) is 5.56 Å². The molecule has 1 heterocycles. The average Bonchev–Trinajstić information content (AvgIpc) is 2.70. The molecule has 0 amide bonds. The van der Waals surface area contributed by atoms with Crippen molar-refractivity contribution in [3.05, 3.63) is 28.2 Å². The number of hydrogen-bond acceptors (Lipinski definition) is 4. The van der Waals surface area contributed by atoms with Crippen LogP contribution in [0.2, 0.25) is 0 Å². The fourth-order valence-corrected chi connectivity index (χ4v) is 2.25. The van der Waals surface area contributed by atoms with Gasteiger partial charge in [-0.3, -0.25) is 0 Å². The summed E-state index contributed by atoms with van der Waals surface area (Å²) in [6, 6.07) is 5.50. The van der Waals surface area contributed by atoms with Crippen molar-refractivity contribution >= 4 is 35.7 Å². The zero-order valence-electron chi connectivity index (χ0n) is 8.61. The van der Waals surface area contributed by atoms with E-state index in [0.717, 1.165) is 15.6 Å². The van der Waals surface area contributed by atoms with Crippen molar-refractivity contribution < 1.29 is 8.42 Å². The number of benzene rings is 1. The first-order chi connectivity index (χ1) is 7.89. The van der Waals surface area contributed by atoms with E-state index in [1.165, 1.54) is 0 Å². The number of nitrogens with zero attached hydrogens (tertiary/aromatic N) is 2. The van der Waals surface area contributed by atoms with Crippen molar-refractivity contribution in [1.82, 2.24) is 15.2 Å². The molecule has 0 unspecified atom stereocenters. The Bertz CT molecular complexity index is 669. The highest BCUT2D eigenvalue weighted by Gasteiger charge is 2.17. The highest BCUT2D eigenvalue weighted by Crippen LogP contribution is 2.26. The first-order valence-electron chi connectivity index (χ1n) is 4.52. The van der Waals surface area contributed by atoms with Crippen LogP contribution >= 0.6 is 26.6 Å². The second-order valence-corrected chi connectivity index (χ2v) is 6.65. The maximum absolute atomic E-state index is 11.1. The van der Waals surface area contributed by atoms with Gasteiger partial charge in [-0.1, -0.05) is 28.1 Å². The van der Waals surface area contributed by atoms with Gasteiger partial charge in [0.1, 0.15) is 0 Å². The molecule has 17 heavy (non-hydrogen) atoms. The summed E-state index contributed by atoms with van der Waals surface area (Å²) in [5.74, 6) is 0.294. The van der Waals surface area contributed by atoms with Gasteiger partial charge in [-0.15, -0.1) is 0 Å². The summed E-state index contributed by atoms with van der Waals surface area (Å²) >= 11 is 3.38. The van der Waals surface area contributed by atoms with Gasteiger partial charge in [0.25, 0.3) is 14.2 Å². The third-order valence-corrected chi connectivity index (χ3v) is 4.15. The minimum absolute atomic E-state index is 0.294. The largest absolute Gasteiger partial charge is 0.296 e. The summed E-state index contributed by atoms with van der Waals surface area (Å²) in [5, 5.41) is 5.78. The van der Waals surface area contributed by atoms with Crippen LogP contribution in [0, 0.1) is 6.92 Å². The zero-order valence-corrected chi connectivity index (χ0v) is 11.8. The Kier molecular flexibility index (Phi) is 3.24. The maximum Gasteiger partial charge on any atom is 0.296 e. The number of aromatic amines is 1. The Morgan fingerprint density at radius 1 is 1.41 bits per heavy atom. The van der Waals surface area contributed by atoms with Gasteiger partial charge in [0.2, 0.25) is 0 Å². The van der Waals surface area contributed by atoms with E-state index in [-0.39, 0.29) is 5.16 Å². The molecule has 0 spiro atoms. The van der Waals surface area contributed by atoms with Gasteiger partial charge in [-0.05, 0) is 18.6 Å². The van der Waals surface area contributed by atoms with Crippen molar-refractivity contribution in [2.24, 2.45) is 0 Å². The molecule has 2 rings (SSSR count). The summed E-state index contributed by atoms with van der Waals surface area (Å²) in [4.78, 5) is 3.85. The van der Waals surface area contributed by atoms with Gasteiger partial charge in [-0.25, -0.2) is 13.5 Å². The van der Waals surface area contributed by atoms with E-state index in [1.54, 1.807) is 6.07 Å². The quantitative estimate of drug-likeness (QED) is 0.855. The fourth-order valence-electron chi connectivity index (χ4n) is 1.33. The third-order valence-electron chi connectivity index (χ3n) is 2.20. The molecule has 1 aromatic carbocycles. The van der Waals surface area contributed by atoms with E-state index in [4.69, 9.17) is 10.7 Å². The molecule has 0 bridgehead atoms. The number of halogens is 2. The van der Waals surface area contributed by atoms with E-state index < -0.39 is 9.05 Å². The molecule has 0 radical (unpaired) electrons. The summed E-state index contributed by atoms with van der Waals surface area (Å²) in [5.41, 5.74) is 1.66. The lowest BCUT2D eigenvalue weighted by molar-refractivity contribution is 0.602. The number of rotatable bonds is 2. The van der Waals surface area contributed by atoms with Crippen molar-refractivity contribution in [3.8, 4) is 11.4 Å². The normalized spacial score (nSPS) is 11.7. The Morgan fingerprint density at radius 3 is 2.71 bits per heavy atom. The monoisotopic (exact) mass is 335 g/mol. The fraction of sp³-hybridized carbons (Fsp3) is 0.111. The molecule has 0 atom stereocenters. The first kappa shape index (κ1) is 12.5. The lowest BCUT2D eigenvalue weighted by Crippen LogP contribution is -1.93. The molecule has 0 saturated heterocycles. The molecule has 1 N–H and O–H groups in total. The molecule has 0 aliphatic rings. The van der Waals surface area contributed by atoms with Gasteiger partial charge in [0.15, 0.2) is 5.82 Å². The third kappa shape index (κ3) is 2.51. The molecule has 5 nitrogen and oxygen atoms in total. The Labute approximate surface area is 111 Å². The molecule has 90 valence electrons. The standard InChI is InChI=1S/C9H7BrClN3O2S/c1-5-6(3-2-4-7(5)10)8-12-9(14-13-8)17(11,15)16/h2-4H,1H3,(H,12,13,14). The smallest absolute Gasteiger partial charge is 0.248 e. The lowest BCUT2D eigenvalue weighted by Gasteiger charge is -2.02. The second-order valence-electron chi connectivity index (χ2n) is 3.31. The van der Waals surface area contributed by atoms with Crippen LogP contribution in [-0.2, 0) is 9.05 Å². The highest BCUT2D eigenvalue weighted by atomic mass is 79.9. The average molecular weight is 337 g/mol. The second kappa shape index (κ2) is 4.40. The van der Waals surface area contributed by atoms with Crippen LogP contribution in [-0.4, -0.2) is 23.6 Å². The Balaban J connectivity index is 2.55. The van der Waals surface area contributed by atoms with Gasteiger partial charge >= 0.3 is 0 Å². The molecule has 0 saturated carbocycles. The van der Waals surface area contributed by atoms with Crippen molar-refractivity contribution in [3.63, 3.8) is 0 Å². The molecular formula is C9H7BrClN3O2S. The predicted molar refractivity (Wildman–Crippen MR) is 67.3 cm³/mol. The van der Waals surface area contributed by atoms with Crippen LogP contribution in [0.3, 0.4) is 0 Å². The van der Waals surface area contributed by atoms with Gasteiger partial charge < -0.3 is 0 Å². The summed E-state index contributed by atoms with van der Waals surface area (Å²) in [7, 11) is 1.28. The lowest BCUT2D eigenvalue weighted by atomic mass is 10.1. The molecule has 0 aliphatic heterocycles. The van der Waals surface area contributed by atoms with Crippen LogP contribution in [0.25, 0.3) is 11.4 Å². The molecule has 8 heteroatoms. The number of aromatic nitrogens is 3. The highest BCUT2D eigenvalue weighted by molar-refractivity contribution is 9.10. The number of hydrogen-bond donors (Lipinski definition) is 1. The van der Waals surface area contributed by atoms with Crippen LogP contribution < -0.4 is 0 Å².